The van der Waals surface area contributed by atoms with Crippen molar-refractivity contribution in [3.8, 4) is 5.69 Å². The number of hydrogen-bond donors (Lipinski definition) is 0. The van der Waals surface area contributed by atoms with E-state index in [1.165, 1.54) is 97.6 Å². The first-order valence-corrected chi connectivity index (χ1v) is 14.5. The van der Waals surface area contributed by atoms with Crippen LogP contribution in [0.4, 0.5) is 11.4 Å². The average molecular weight is 492 g/mol. The average Bonchev–Trinajstić information content (AvgIpc) is 3.33. The molecule has 5 aromatic rings. The van der Waals surface area contributed by atoms with Crippen LogP contribution in [0.25, 0.3) is 27.5 Å². The molecule has 2 atom stereocenters. The van der Waals surface area contributed by atoms with Crippen LogP contribution in [0.1, 0.15) is 61.8 Å². The van der Waals surface area contributed by atoms with Crippen LogP contribution in [0, 0.1) is 20.8 Å². The van der Waals surface area contributed by atoms with Crippen molar-refractivity contribution < 1.29 is 0 Å². The molecule has 4 heterocycles. The molecule has 0 N–H and O–H groups in total. The number of nitrogens with zero attached hydrogens (tertiary/aromatic N) is 2. The first kappa shape index (κ1) is 21.5. The van der Waals surface area contributed by atoms with Gasteiger partial charge in [0.1, 0.15) is 0 Å². The molecule has 4 aromatic carbocycles. The largest absolute Gasteiger partial charge is 0.335 e. The SMILES string of the molecule is Cc1cc2c3c(c1)-n1c4cc(C)ccc4c4ccc(C)c(c41)B3c1cccc3c1N2C1(C)CCCCC31C. The van der Waals surface area contributed by atoms with E-state index in [4.69, 9.17) is 0 Å². The van der Waals surface area contributed by atoms with Gasteiger partial charge in [0.2, 0.25) is 0 Å². The number of hydrogen-bond acceptors (Lipinski definition) is 1. The Hall–Kier alpha value is -3.46. The normalized spacial score (nSPS) is 24.1. The Kier molecular flexibility index (Phi) is 3.71. The third-order valence-corrected chi connectivity index (χ3v) is 11.2. The van der Waals surface area contributed by atoms with Gasteiger partial charge in [0.05, 0.1) is 11.1 Å². The maximum atomic E-state index is 2.83. The third kappa shape index (κ3) is 2.16. The molecule has 38 heavy (non-hydrogen) atoms. The fraction of sp³-hybridized carbons (Fsp3) is 0.314. The summed E-state index contributed by atoms with van der Waals surface area (Å²) in [6.07, 6.45) is 5.16. The van der Waals surface area contributed by atoms with Gasteiger partial charge in [-0.15, -0.1) is 0 Å². The van der Waals surface area contributed by atoms with Crippen molar-refractivity contribution in [3.05, 3.63) is 82.9 Å². The highest BCUT2D eigenvalue weighted by Crippen LogP contribution is 2.61. The van der Waals surface area contributed by atoms with Gasteiger partial charge in [-0.2, -0.15) is 0 Å². The summed E-state index contributed by atoms with van der Waals surface area (Å²) in [6.45, 7) is 12.3. The smallest absolute Gasteiger partial charge is 0.252 e. The van der Waals surface area contributed by atoms with Crippen molar-refractivity contribution in [2.24, 2.45) is 0 Å². The van der Waals surface area contributed by atoms with E-state index in [1.807, 2.05) is 0 Å². The molecule has 0 saturated heterocycles. The molecule has 1 aliphatic carbocycles. The van der Waals surface area contributed by atoms with Crippen molar-refractivity contribution >= 4 is 56.3 Å². The molecule has 2 nitrogen and oxygen atoms in total. The second-order valence-corrected chi connectivity index (χ2v) is 13.1. The summed E-state index contributed by atoms with van der Waals surface area (Å²) in [5.41, 5.74) is 17.6. The summed E-state index contributed by atoms with van der Waals surface area (Å²) < 4.78 is 2.62. The van der Waals surface area contributed by atoms with Crippen LogP contribution in [0.15, 0.2) is 60.7 Å². The zero-order valence-corrected chi connectivity index (χ0v) is 23.1. The zero-order chi connectivity index (χ0) is 25.7. The van der Waals surface area contributed by atoms with Gasteiger partial charge in [0, 0.05) is 38.8 Å². The van der Waals surface area contributed by atoms with E-state index in [2.05, 4.69) is 105 Å². The topological polar surface area (TPSA) is 8.17 Å². The molecule has 0 spiro atoms. The van der Waals surface area contributed by atoms with E-state index in [0.717, 1.165) is 0 Å². The third-order valence-electron chi connectivity index (χ3n) is 11.2. The van der Waals surface area contributed by atoms with Crippen LogP contribution in [0.2, 0.25) is 0 Å². The molecule has 1 fully saturated rings. The lowest BCUT2D eigenvalue weighted by molar-refractivity contribution is 0.195. The monoisotopic (exact) mass is 492 g/mol. The molecule has 4 aliphatic rings. The molecule has 0 bridgehead atoms. The molecule has 9 rings (SSSR count). The van der Waals surface area contributed by atoms with Crippen LogP contribution < -0.4 is 21.3 Å². The van der Waals surface area contributed by atoms with Gasteiger partial charge in [0.25, 0.3) is 6.71 Å². The highest BCUT2D eigenvalue weighted by atomic mass is 15.3. The second kappa shape index (κ2) is 6.57. The van der Waals surface area contributed by atoms with Gasteiger partial charge < -0.3 is 9.47 Å². The van der Waals surface area contributed by atoms with Gasteiger partial charge in [-0.1, -0.05) is 67.8 Å². The Balaban J connectivity index is 1.52. The minimum absolute atomic E-state index is 0.0902. The molecule has 0 amide bonds. The summed E-state index contributed by atoms with van der Waals surface area (Å²) in [5, 5.41) is 2.75. The molecule has 1 aromatic heterocycles. The summed E-state index contributed by atoms with van der Waals surface area (Å²) in [4.78, 5) is 2.83. The number of fused-ring (bicyclic) bond motifs is 10. The van der Waals surface area contributed by atoms with Crippen LogP contribution in [0.5, 0.6) is 0 Å². The minimum atomic E-state index is 0.0902. The Morgan fingerprint density at radius 2 is 1.55 bits per heavy atom. The molecule has 3 heteroatoms. The number of anilines is 2. The second-order valence-electron chi connectivity index (χ2n) is 13.1. The van der Waals surface area contributed by atoms with Crippen LogP contribution in [-0.2, 0) is 5.41 Å². The lowest BCUT2D eigenvalue weighted by Gasteiger charge is -2.52. The maximum Gasteiger partial charge on any atom is 0.252 e. The van der Waals surface area contributed by atoms with E-state index in [0.29, 0.717) is 0 Å². The minimum Gasteiger partial charge on any atom is -0.335 e. The Morgan fingerprint density at radius 3 is 2.42 bits per heavy atom. The maximum absolute atomic E-state index is 2.83. The zero-order valence-electron chi connectivity index (χ0n) is 23.1. The highest BCUT2D eigenvalue weighted by molar-refractivity contribution is 7.00. The van der Waals surface area contributed by atoms with Crippen molar-refractivity contribution in [1.82, 2.24) is 4.57 Å². The van der Waals surface area contributed by atoms with Crippen molar-refractivity contribution in [2.45, 2.75) is 71.3 Å². The van der Waals surface area contributed by atoms with Crippen molar-refractivity contribution in [3.63, 3.8) is 0 Å². The van der Waals surface area contributed by atoms with Crippen molar-refractivity contribution in [2.75, 3.05) is 4.90 Å². The fourth-order valence-corrected chi connectivity index (χ4v) is 9.24. The van der Waals surface area contributed by atoms with Gasteiger partial charge in [-0.3, -0.25) is 0 Å². The van der Waals surface area contributed by atoms with Gasteiger partial charge in [-0.05, 0) is 91.8 Å². The molecular weight excluding hydrogens is 459 g/mol. The Labute approximate surface area is 225 Å². The molecular formula is C35H33BN2. The summed E-state index contributed by atoms with van der Waals surface area (Å²) in [7, 11) is 0. The summed E-state index contributed by atoms with van der Waals surface area (Å²) in [6, 6.07) is 24.0. The number of aromatic nitrogens is 1. The van der Waals surface area contributed by atoms with Gasteiger partial charge in [-0.25, -0.2) is 0 Å². The lowest BCUT2D eigenvalue weighted by Crippen LogP contribution is -2.64. The van der Waals surface area contributed by atoms with Crippen molar-refractivity contribution in [1.29, 1.82) is 0 Å². The van der Waals surface area contributed by atoms with E-state index in [1.54, 1.807) is 5.56 Å². The predicted octanol–water partition coefficient (Wildman–Crippen LogP) is 6.59. The van der Waals surface area contributed by atoms with Gasteiger partial charge >= 0.3 is 0 Å². The van der Waals surface area contributed by atoms with Crippen LogP contribution in [0.3, 0.4) is 0 Å². The van der Waals surface area contributed by atoms with E-state index < -0.39 is 0 Å². The standard InChI is InChI=1S/C35H33BN2/c1-20-11-13-23-24-14-12-22(3)30-32(24)37(27(23)17-20)28-18-21(2)19-29-31(28)36(30)26-10-8-9-25-33(26)38(29)35(5)16-7-6-15-34(25,35)4/h8-14,17-19H,6-7,15-16H2,1-5H3. The number of rotatable bonds is 0. The van der Waals surface area contributed by atoms with E-state index in [-0.39, 0.29) is 17.7 Å². The lowest BCUT2D eigenvalue weighted by atomic mass is 9.33. The predicted molar refractivity (Wildman–Crippen MR) is 162 cm³/mol. The summed E-state index contributed by atoms with van der Waals surface area (Å²) in [5.74, 6) is 0. The van der Waals surface area contributed by atoms with Crippen LogP contribution >= 0.6 is 0 Å². The van der Waals surface area contributed by atoms with Crippen LogP contribution in [-0.4, -0.2) is 16.8 Å². The van der Waals surface area contributed by atoms with E-state index in [9.17, 15) is 0 Å². The first-order chi connectivity index (χ1) is 18.3. The highest BCUT2D eigenvalue weighted by Gasteiger charge is 2.61. The molecule has 186 valence electrons. The molecule has 1 saturated carbocycles. The fourth-order valence-electron chi connectivity index (χ4n) is 9.24. The molecule has 2 unspecified atom stereocenters. The number of benzene rings is 4. The van der Waals surface area contributed by atoms with Gasteiger partial charge in [0.15, 0.2) is 0 Å². The Morgan fingerprint density at radius 1 is 0.763 bits per heavy atom. The summed E-state index contributed by atoms with van der Waals surface area (Å²) >= 11 is 0. The quantitative estimate of drug-likeness (QED) is 0.217. The number of para-hydroxylation sites is 1. The Bertz CT molecular complexity index is 1910. The van der Waals surface area contributed by atoms with E-state index >= 15 is 0 Å². The molecule has 3 aliphatic heterocycles. The number of aryl methyl sites for hydroxylation is 3. The molecule has 0 radical (unpaired) electrons. The first-order valence-electron chi connectivity index (χ1n) is 14.5.